The molecule has 6 heteroatoms. The Morgan fingerprint density at radius 1 is 1.00 bits per heavy atom. The molecule has 0 spiro atoms. The van der Waals surface area contributed by atoms with Gasteiger partial charge in [-0.25, -0.2) is 9.79 Å². The van der Waals surface area contributed by atoms with E-state index in [1.165, 1.54) is 14.2 Å². The number of hydrogen-bond donors (Lipinski definition) is 0. The minimum Gasteiger partial charge on any atom is -0.493 e. The van der Waals surface area contributed by atoms with Gasteiger partial charge in [-0.15, -0.1) is 0 Å². The fourth-order valence-corrected chi connectivity index (χ4v) is 2.70. The Kier molecular flexibility index (Phi) is 4.93. The maximum Gasteiger partial charge on any atom is 0.363 e. The third-order valence-electron chi connectivity index (χ3n) is 3.91. The van der Waals surface area contributed by atoms with Crippen LogP contribution >= 0.6 is 0 Å². The standard InChI is InChI=1S/C20H19NO5/c1-12-6-5-7-14(10-12)19-21-15(20(22)26-19)11-13-8-9-16(23-2)18(25-4)17(13)24-3/h5-11H,1-4H3/b15-11-. The molecule has 0 N–H and O–H groups in total. The van der Waals surface area contributed by atoms with Crippen molar-refractivity contribution in [1.82, 2.24) is 0 Å². The second-order valence-electron chi connectivity index (χ2n) is 5.63. The molecule has 6 nitrogen and oxygen atoms in total. The van der Waals surface area contributed by atoms with Crippen LogP contribution in [0.2, 0.25) is 0 Å². The van der Waals surface area contributed by atoms with Crippen molar-refractivity contribution in [2.45, 2.75) is 6.92 Å². The van der Waals surface area contributed by atoms with E-state index in [0.29, 0.717) is 22.8 Å². The third-order valence-corrected chi connectivity index (χ3v) is 3.91. The van der Waals surface area contributed by atoms with Gasteiger partial charge in [-0.2, -0.15) is 0 Å². The van der Waals surface area contributed by atoms with Gasteiger partial charge in [0.2, 0.25) is 11.6 Å². The van der Waals surface area contributed by atoms with Gasteiger partial charge in [-0.1, -0.05) is 17.7 Å². The number of nitrogens with zero attached hydrogens (tertiary/aromatic N) is 1. The van der Waals surface area contributed by atoms with E-state index in [1.54, 1.807) is 25.3 Å². The third kappa shape index (κ3) is 3.26. The predicted octanol–water partition coefficient (Wildman–Crippen LogP) is 3.37. The molecule has 0 saturated heterocycles. The van der Waals surface area contributed by atoms with E-state index in [1.807, 2.05) is 31.2 Å². The monoisotopic (exact) mass is 353 g/mol. The number of ether oxygens (including phenoxy) is 4. The van der Waals surface area contributed by atoms with Crippen LogP contribution in [0.4, 0.5) is 0 Å². The number of aryl methyl sites for hydroxylation is 1. The van der Waals surface area contributed by atoms with Crippen molar-refractivity contribution in [2.75, 3.05) is 21.3 Å². The van der Waals surface area contributed by atoms with Crippen molar-refractivity contribution >= 4 is 17.9 Å². The second kappa shape index (κ2) is 7.31. The molecule has 26 heavy (non-hydrogen) atoms. The van der Waals surface area contributed by atoms with Crippen molar-refractivity contribution in [3.8, 4) is 17.2 Å². The molecule has 0 fully saturated rings. The first kappa shape index (κ1) is 17.5. The zero-order chi connectivity index (χ0) is 18.7. The van der Waals surface area contributed by atoms with Gasteiger partial charge in [-0.3, -0.25) is 0 Å². The highest BCUT2D eigenvalue weighted by Gasteiger charge is 2.25. The summed E-state index contributed by atoms with van der Waals surface area (Å²) in [5.41, 5.74) is 2.62. The Labute approximate surface area is 151 Å². The Morgan fingerprint density at radius 2 is 1.77 bits per heavy atom. The van der Waals surface area contributed by atoms with Crippen molar-refractivity contribution < 1.29 is 23.7 Å². The zero-order valence-corrected chi connectivity index (χ0v) is 15.0. The lowest BCUT2D eigenvalue weighted by molar-refractivity contribution is -0.129. The summed E-state index contributed by atoms with van der Waals surface area (Å²) in [4.78, 5) is 16.6. The molecule has 0 saturated carbocycles. The molecule has 0 amide bonds. The minimum atomic E-state index is -0.515. The SMILES string of the molecule is COc1ccc(/C=C2\N=C(c3cccc(C)c3)OC2=O)c(OC)c1OC. The quantitative estimate of drug-likeness (QED) is 0.609. The highest BCUT2D eigenvalue weighted by Crippen LogP contribution is 2.40. The van der Waals surface area contributed by atoms with Crippen LogP contribution < -0.4 is 14.2 Å². The van der Waals surface area contributed by atoms with Crippen molar-refractivity contribution in [3.05, 3.63) is 58.8 Å². The molecule has 0 aromatic heterocycles. The number of esters is 1. The van der Waals surface area contributed by atoms with Gasteiger partial charge in [-0.05, 0) is 37.3 Å². The van der Waals surface area contributed by atoms with Gasteiger partial charge >= 0.3 is 5.97 Å². The summed E-state index contributed by atoms with van der Waals surface area (Å²) in [6, 6.07) is 11.1. The second-order valence-corrected chi connectivity index (χ2v) is 5.63. The number of methoxy groups -OCH3 is 3. The molecule has 0 aliphatic carbocycles. The molecule has 0 bridgehead atoms. The van der Waals surface area contributed by atoms with E-state index in [-0.39, 0.29) is 11.6 Å². The highest BCUT2D eigenvalue weighted by molar-refractivity contribution is 6.13. The first-order chi connectivity index (χ1) is 12.6. The average Bonchev–Trinajstić information content (AvgIpc) is 3.01. The van der Waals surface area contributed by atoms with Gasteiger partial charge in [0.05, 0.1) is 21.3 Å². The molecule has 3 rings (SSSR count). The van der Waals surface area contributed by atoms with Crippen LogP contribution in [0.1, 0.15) is 16.7 Å². The first-order valence-corrected chi connectivity index (χ1v) is 7.96. The summed E-state index contributed by atoms with van der Waals surface area (Å²) in [5.74, 6) is 1.19. The molecule has 134 valence electrons. The molecule has 0 unspecified atom stereocenters. The lowest BCUT2D eigenvalue weighted by Gasteiger charge is -2.14. The first-order valence-electron chi connectivity index (χ1n) is 7.96. The number of carbonyl (C=O) groups excluding carboxylic acids is 1. The predicted molar refractivity (Wildman–Crippen MR) is 97.9 cm³/mol. The molecule has 0 radical (unpaired) electrons. The van der Waals surface area contributed by atoms with Crippen LogP contribution in [-0.2, 0) is 9.53 Å². The van der Waals surface area contributed by atoms with E-state index >= 15 is 0 Å². The Morgan fingerprint density at radius 3 is 2.42 bits per heavy atom. The van der Waals surface area contributed by atoms with Crippen molar-refractivity contribution in [3.63, 3.8) is 0 Å². The fraction of sp³-hybridized carbons (Fsp3) is 0.200. The number of rotatable bonds is 5. The van der Waals surface area contributed by atoms with Crippen LogP contribution in [0.3, 0.4) is 0 Å². The van der Waals surface area contributed by atoms with Gasteiger partial charge in [0.25, 0.3) is 0 Å². The smallest absolute Gasteiger partial charge is 0.363 e. The van der Waals surface area contributed by atoms with Crippen LogP contribution in [0, 0.1) is 6.92 Å². The van der Waals surface area contributed by atoms with Crippen LogP contribution in [0.15, 0.2) is 47.1 Å². The number of cyclic esters (lactones) is 1. The summed E-state index contributed by atoms with van der Waals surface area (Å²) >= 11 is 0. The van der Waals surface area contributed by atoms with Gasteiger partial charge in [0, 0.05) is 11.1 Å². The molecule has 0 atom stereocenters. The lowest BCUT2D eigenvalue weighted by atomic mass is 10.1. The fourth-order valence-electron chi connectivity index (χ4n) is 2.70. The average molecular weight is 353 g/mol. The number of hydrogen-bond acceptors (Lipinski definition) is 6. The maximum absolute atomic E-state index is 12.2. The van der Waals surface area contributed by atoms with Crippen molar-refractivity contribution in [1.29, 1.82) is 0 Å². The molecule has 2 aromatic carbocycles. The Balaban J connectivity index is 2.03. The zero-order valence-electron chi connectivity index (χ0n) is 15.0. The molecular formula is C20H19NO5. The van der Waals surface area contributed by atoms with Gasteiger partial charge in [0.15, 0.2) is 17.2 Å². The molecular weight excluding hydrogens is 334 g/mol. The Hall–Kier alpha value is -3.28. The molecule has 1 aliphatic rings. The molecule has 1 aliphatic heterocycles. The summed E-state index contributed by atoms with van der Waals surface area (Å²) in [7, 11) is 4.59. The van der Waals surface area contributed by atoms with Crippen LogP contribution in [0.5, 0.6) is 17.2 Å². The number of aliphatic imine (C=N–C) groups is 1. The number of carbonyl (C=O) groups is 1. The summed E-state index contributed by atoms with van der Waals surface area (Å²) in [5, 5.41) is 0. The highest BCUT2D eigenvalue weighted by atomic mass is 16.6. The lowest BCUT2D eigenvalue weighted by Crippen LogP contribution is -2.05. The largest absolute Gasteiger partial charge is 0.493 e. The van der Waals surface area contributed by atoms with E-state index in [9.17, 15) is 4.79 Å². The van der Waals surface area contributed by atoms with Crippen LogP contribution in [0.25, 0.3) is 6.08 Å². The van der Waals surface area contributed by atoms with E-state index < -0.39 is 5.97 Å². The van der Waals surface area contributed by atoms with E-state index in [2.05, 4.69) is 4.99 Å². The van der Waals surface area contributed by atoms with Crippen molar-refractivity contribution in [2.24, 2.45) is 4.99 Å². The minimum absolute atomic E-state index is 0.187. The molecule has 2 aromatic rings. The summed E-state index contributed by atoms with van der Waals surface area (Å²) in [6.07, 6.45) is 1.60. The Bertz CT molecular complexity index is 914. The maximum atomic E-state index is 12.2. The summed E-state index contributed by atoms with van der Waals surface area (Å²) < 4.78 is 21.4. The van der Waals surface area contributed by atoms with E-state index in [0.717, 1.165) is 11.1 Å². The van der Waals surface area contributed by atoms with Gasteiger partial charge < -0.3 is 18.9 Å². The van der Waals surface area contributed by atoms with E-state index in [4.69, 9.17) is 18.9 Å². The molecule has 1 heterocycles. The summed E-state index contributed by atoms with van der Waals surface area (Å²) in [6.45, 7) is 1.96. The van der Waals surface area contributed by atoms with Gasteiger partial charge in [0.1, 0.15) is 0 Å². The number of benzene rings is 2. The van der Waals surface area contributed by atoms with Crippen LogP contribution in [-0.4, -0.2) is 33.2 Å². The topological polar surface area (TPSA) is 66.4 Å². The normalized spacial score (nSPS) is 14.8.